The van der Waals surface area contributed by atoms with Gasteiger partial charge in [0.25, 0.3) is 0 Å². The van der Waals surface area contributed by atoms with E-state index in [-0.39, 0.29) is 0 Å². The zero-order valence-corrected chi connectivity index (χ0v) is 12.8. The Balaban J connectivity index is 2.47. The molecule has 0 saturated carbocycles. The van der Waals surface area contributed by atoms with E-state index in [0.29, 0.717) is 18.7 Å². The Morgan fingerprint density at radius 2 is 2.11 bits per heavy atom. The third kappa shape index (κ3) is 6.15. The van der Waals surface area contributed by atoms with Crippen LogP contribution in [0.3, 0.4) is 0 Å². The molecular weight excluding hydrogens is 286 g/mol. The van der Waals surface area contributed by atoms with Crippen molar-refractivity contribution in [1.82, 2.24) is 10.0 Å². The van der Waals surface area contributed by atoms with Crippen molar-refractivity contribution in [2.45, 2.75) is 25.9 Å². The monoisotopic (exact) mass is 305 g/mol. The fraction of sp³-hybridized carbons (Fsp3) is 0.545. The van der Waals surface area contributed by atoms with Crippen molar-refractivity contribution in [2.24, 2.45) is 5.73 Å². The molecular formula is C11H19N3O3S2. The lowest BCUT2D eigenvalue weighted by atomic mass is 10.1. The average molecular weight is 305 g/mol. The van der Waals surface area contributed by atoms with Crippen LogP contribution in [0.1, 0.15) is 29.1 Å². The van der Waals surface area contributed by atoms with E-state index in [4.69, 9.17) is 5.73 Å². The van der Waals surface area contributed by atoms with Crippen LogP contribution in [0.15, 0.2) is 11.4 Å². The van der Waals surface area contributed by atoms with Gasteiger partial charge < -0.3 is 11.1 Å². The van der Waals surface area contributed by atoms with E-state index >= 15 is 0 Å². The van der Waals surface area contributed by atoms with Gasteiger partial charge >= 0.3 is 0 Å². The smallest absolute Gasteiger partial charge is 0.249 e. The minimum absolute atomic E-state index is 0.443. The van der Waals surface area contributed by atoms with Crippen molar-refractivity contribution in [3.05, 3.63) is 21.9 Å². The van der Waals surface area contributed by atoms with Crippen molar-refractivity contribution < 1.29 is 13.2 Å². The van der Waals surface area contributed by atoms with E-state index < -0.39 is 21.5 Å². The molecule has 0 aromatic carbocycles. The van der Waals surface area contributed by atoms with Gasteiger partial charge in [-0.2, -0.15) is 0 Å². The number of hydrogen-bond donors (Lipinski definition) is 3. The molecule has 108 valence electrons. The normalized spacial score (nSPS) is 12.6. The first-order chi connectivity index (χ1) is 8.59. The molecule has 8 heteroatoms. The van der Waals surface area contributed by atoms with Gasteiger partial charge in [0.05, 0.1) is 11.8 Å². The summed E-state index contributed by atoms with van der Waals surface area (Å²) in [5.74, 6) is -0.443. The Labute approximate surface area is 117 Å². The second-order valence-corrected chi connectivity index (χ2v) is 7.77. The van der Waals surface area contributed by atoms with E-state index in [1.54, 1.807) is 25.3 Å². The van der Waals surface area contributed by atoms with Crippen LogP contribution in [0.2, 0.25) is 0 Å². The standard InChI is InChI=1S/C11H19N3O3S2/c1-11(2,14-19(3,16)17)7-13-5-9-4-8(6-18-9)10(12)15/h4,6,13-14H,5,7H2,1-3H3,(H2,12,15). The highest BCUT2D eigenvalue weighted by atomic mass is 32.2. The van der Waals surface area contributed by atoms with E-state index in [0.717, 1.165) is 11.1 Å². The highest BCUT2D eigenvalue weighted by molar-refractivity contribution is 7.88. The maximum atomic E-state index is 11.2. The van der Waals surface area contributed by atoms with E-state index in [1.165, 1.54) is 11.3 Å². The van der Waals surface area contributed by atoms with Gasteiger partial charge in [-0.15, -0.1) is 11.3 Å². The predicted octanol–water partition coefficient (Wildman–Crippen LogP) is 0.264. The van der Waals surface area contributed by atoms with Gasteiger partial charge in [-0.25, -0.2) is 13.1 Å². The fourth-order valence-corrected chi connectivity index (χ4v) is 3.56. The summed E-state index contributed by atoms with van der Waals surface area (Å²) in [6.45, 7) is 4.63. The van der Waals surface area contributed by atoms with Crippen LogP contribution in [-0.4, -0.2) is 32.7 Å². The number of carbonyl (C=O) groups is 1. The van der Waals surface area contributed by atoms with E-state index in [9.17, 15) is 13.2 Å². The number of nitrogens with one attached hydrogen (secondary N) is 2. The summed E-state index contributed by atoms with van der Waals surface area (Å²) < 4.78 is 24.9. The van der Waals surface area contributed by atoms with Gasteiger partial charge in [0, 0.05) is 28.9 Å². The second-order valence-electron chi connectivity index (χ2n) is 5.03. The zero-order chi connectivity index (χ0) is 14.7. The van der Waals surface area contributed by atoms with Crippen molar-refractivity contribution in [3.8, 4) is 0 Å². The Bertz CT molecular complexity index is 549. The third-order valence-corrected chi connectivity index (χ3v) is 4.13. The Kier molecular flexibility index (Phi) is 5.08. The van der Waals surface area contributed by atoms with Gasteiger partial charge in [-0.3, -0.25) is 4.79 Å². The summed E-state index contributed by atoms with van der Waals surface area (Å²) in [6.07, 6.45) is 1.13. The number of rotatable bonds is 7. The maximum Gasteiger partial charge on any atom is 0.249 e. The Hall–Kier alpha value is -0.960. The number of sulfonamides is 1. The summed E-state index contributed by atoms with van der Waals surface area (Å²) in [4.78, 5) is 11.9. The van der Waals surface area contributed by atoms with Crippen LogP contribution in [0.25, 0.3) is 0 Å². The molecule has 1 aromatic rings. The number of primary amides is 1. The lowest BCUT2D eigenvalue weighted by Gasteiger charge is -2.25. The molecule has 0 bridgehead atoms. The fourth-order valence-electron chi connectivity index (χ4n) is 1.64. The summed E-state index contributed by atoms with van der Waals surface area (Å²) in [5, 5.41) is 4.86. The summed E-state index contributed by atoms with van der Waals surface area (Å²) in [7, 11) is -3.23. The molecule has 1 aromatic heterocycles. The summed E-state index contributed by atoms with van der Waals surface area (Å²) >= 11 is 1.44. The van der Waals surface area contributed by atoms with Crippen LogP contribution in [0, 0.1) is 0 Å². The summed E-state index contributed by atoms with van der Waals surface area (Å²) in [5.41, 5.74) is 5.09. The minimum Gasteiger partial charge on any atom is -0.366 e. The number of carbonyl (C=O) groups excluding carboxylic acids is 1. The van der Waals surface area contributed by atoms with Crippen molar-refractivity contribution in [3.63, 3.8) is 0 Å². The lowest BCUT2D eigenvalue weighted by Crippen LogP contribution is -2.49. The van der Waals surface area contributed by atoms with Crippen LogP contribution in [0.4, 0.5) is 0 Å². The molecule has 0 aliphatic heterocycles. The molecule has 0 saturated heterocycles. The first-order valence-electron chi connectivity index (χ1n) is 5.66. The Morgan fingerprint density at radius 1 is 1.47 bits per heavy atom. The molecule has 0 aliphatic carbocycles. The van der Waals surface area contributed by atoms with Gasteiger partial charge in [0.2, 0.25) is 15.9 Å². The van der Waals surface area contributed by atoms with Gasteiger partial charge in [0.1, 0.15) is 0 Å². The van der Waals surface area contributed by atoms with Gasteiger partial charge in [0.15, 0.2) is 0 Å². The van der Waals surface area contributed by atoms with Crippen LogP contribution in [-0.2, 0) is 16.6 Å². The molecule has 0 aliphatic rings. The van der Waals surface area contributed by atoms with E-state index in [1.807, 2.05) is 0 Å². The number of hydrogen-bond acceptors (Lipinski definition) is 5. The van der Waals surface area contributed by atoms with Crippen LogP contribution >= 0.6 is 11.3 Å². The largest absolute Gasteiger partial charge is 0.366 e. The Morgan fingerprint density at radius 3 is 2.58 bits per heavy atom. The molecule has 1 rings (SSSR count). The third-order valence-electron chi connectivity index (χ3n) is 2.27. The molecule has 1 amide bonds. The lowest BCUT2D eigenvalue weighted by molar-refractivity contribution is 0.100. The first-order valence-corrected chi connectivity index (χ1v) is 8.43. The molecule has 0 radical (unpaired) electrons. The van der Waals surface area contributed by atoms with Crippen molar-refractivity contribution in [2.75, 3.05) is 12.8 Å². The van der Waals surface area contributed by atoms with Crippen molar-refractivity contribution >= 4 is 27.3 Å². The van der Waals surface area contributed by atoms with Crippen molar-refractivity contribution in [1.29, 1.82) is 0 Å². The zero-order valence-electron chi connectivity index (χ0n) is 11.2. The second kappa shape index (κ2) is 6.00. The number of thiophene rings is 1. The molecule has 0 atom stereocenters. The quantitative estimate of drug-likeness (QED) is 0.672. The molecule has 1 heterocycles. The summed E-state index contributed by atoms with van der Waals surface area (Å²) in [6, 6.07) is 1.73. The predicted molar refractivity (Wildman–Crippen MR) is 76.6 cm³/mol. The molecule has 0 spiro atoms. The first kappa shape index (κ1) is 16.1. The highest BCUT2D eigenvalue weighted by Gasteiger charge is 2.21. The number of nitrogens with two attached hydrogens (primary N) is 1. The van der Waals surface area contributed by atoms with Gasteiger partial charge in [-0.05, 0) is 19.9 Å². The molecule has 19 heavy (non-hydrogen) atoms. The average Bonchev–Trinajstić information content (AvgIpc) is 2.61. The molecule has 6 nitrogen and oxygen atoms in total. The topological polar surface area (TPSA) is 101 Å². The minimum atomic E-state index is -3.23. The number of amides is 1. The molecule has 0 fully saturated rings. The SMILES string of the molecule is CC(C)(CNCc1cc(C(N)=O)cs1)NS(C)(=O)=O. The van der Waals surface area contributed by atoms with Crippen LogP contribution < -0.4 is 15.8 Å². The molecule has 0 unspecified atom stereocenters. The maximum absolute atomic E-state index is 11.2. The molecule has 4 N–H and O–H groups in total. The van der Waals surface area contributed by atoms with Gasteiger partial charge in [-0.1, -0.05) is 0 Å². The van der Waals surface area contributed by atoms with Crippen LogP contribution in [0.5, 0.6) is 0 Å². The highest BCUT2D eigenvalue weighted by Crippen LogP contribution is 2.14. The van der Waals surface area contributed by atoms with E-state index in [2.05, 4.69) is 10.0 Å².